The second-order valence-electron chi connectivity index (χ2n) is 7.80. The van der Waals surface area contributed by atoms with Crippen molar-refractivity contribution in [2.24, 2.45) is 5.92 Å². The van der Waals surface area contributed by atoms with Crippen molar-refractivity contribution in [1.82, 2.24) is 9.80 Å². The van der Waals surface area contributed by atoms with Crippen molar-refractivity contribution in [3.05, 3.63) is 65.2 Å². The molecule has 2 aromatic carbocycles. The fraction of sp³-hybridized carbons (Fsp3) is 0.364. The van der Waals surface area contributed by atoms with Crippen LogP contribution >= 0.6 is 0 Å². The molecule has 0 bridgehead atoms. The third-order valence-corrected chi connectivity index (χ3v) is 6.00. The molecule has 144 valence electrons. The fourth-order valence-electron chi connectivity index (χ4n) is 4.40. The van der Waals surface area contributed by atoms with Crippen LogP contribution in [0, 0.1) is 5.92 Å². The van der Waals surface area contributed by atoms with Crippen molar-refractivity contribution in [2.75, 3.05) is 25.0 Å². The number of nitrogens with zero attached hydrogens (tertiary/aromatic N) is 2. The maximum Gasteiger partial charge on any atom is 0.322 e. The molecule has 3 amide bonds. The van der Waals surface area contributed by atoms with Gasteiger partial charge >= 0.3 is 6.03 Å². The average molecular weight is 377 g/mol. The minimum atomic E-state index is -0.125. The van der Waals surface area contributed by atoms with E-state index >= 15 is 0 Å². The van der Waals surface area contributed by atoms with Crippen LogP contribution in [0.2, 0.25) is 0 Å². The molecule has 2 atom stereocenters. The number of hydrogen-bond acceptors (Lipinski definition) is 3. The van der Waals surface area contributed by atoms with Crippen molar-refractivity contribution in [2.45, 2.75) is 25.6 Å². The molecule has 3 aliphatic heterocycles. The lowest BCUT2D eigenvalue weighted by Gasteiger charge is -2.18. The standard InChI is InChI=1S/C22H23N3O3/c26-21(24-13-18-9-10-28-20(18)14-24)15-5-7-19(8-6-15)23-22(27)25-11-16-3-1-2-4-17(16)12-25/h1-8,18,20H,9-14H2,(H,23,27). The first-order valence-corrected chi connectivity index (χ1v) is 9.81. The SMILES string of the molecule is O=C(Nc1ccc(C(=O)N2CC3CCOC3C2)cc1)N1Cc2ccccc2C1. The molecule has 0 radical (unpaired) electrons. The first kappa shape index (κ1) is 17.3. The highest BCUT2D eigenvalue weighted by molar-refractivity contribution is 5.95. The zero-order valence-corrected chi connectivity index (χ0v) is 15.6. The van der Waals surface area contributed by atoms with E-state index in [-0.39, 0.29) is 18.0 Å². The number of fused-ring (bicyclic) bond motifs is 2. The molecule has 3 aliphatic rings. The van der Waals surface area contributed by atoms with Crippen molar-refractivity contribution in [3.63, 3.8) is 0 Å². The van der Waals surface area contributed by atoms with Gasteiger partial charge in [-0.05, 0) is 41.8 Å². The van der Waals surface area contributed by atoms with Crippen LogP contribution in [0.25, 0.3) is 0 Å². The van der Waals surface area contributed by atoms with Gasteiger partial charge in [0.25, 0.3) is 5.91 Å². The van der Waals surface area contributed by atoms with Crippen molar-refractivity contribution < 1.29 is 14.3 Å². The zero-order chi connectivity index (χ0) is 19.1. The van der Waals surface area contributed by atoms with Crippen LogP contribution in [0.5, 0.6) is 0 Å². The van der Waals surface area contributed by atoms with Crippen LogP contribution in [-0.2, 0) is 17.8 Å². The van der Waals surface area contributed by atoms with Crippen LogP contribution in [-0.4, -0.2) is 47.5 Å². The van der Waals surface area contributed by atoms with Gasteiger partial charge in [0.1, 0.15) is 0 Å². The third-order valence-electron chi connectivity index (χ3n) is 6.00. The van der Waals surface area contributed by atoms with Crippen molar-refractivity contribution in [1.29, 1.82) is 0 Å². The van der Waals surface area contributed by atoms with Crippen LogP contribution in [0.3, 0.4) is 0 Å². The zero-order valence-electron chi connectivity index (χ0n) is 15.6. The predicted octanol–water partition coefficient (Wildman–Crippen LogP) is 3.10. The molecule has 0 saturated carbocycles. The van der Waals surface area contributed by atoms with Gasteiger partial charge in [-0.15, -0.1) is 0 Å². The maximum atomic E-state index is 12.7. The summed E-state index contributed by atoms with van der Waals surface area (Å²) in [6, 6.07) is 15.1. The molecule has 2 unspecified atom stereocenters. The number of anilines is 1. The Morgan fingerprint density at radius 3 is 2.32 bits per heavy atom. The summed E-state index contributed by atoms with van der Waals surface area (Å²) in [5.41, 5.74) is 3.72. The molecule has 6 heteroatoms. The van der Waals surface area contributed by atoms with E-state index < -0.39 is 0 Å². The second-order valence-corrected chi connectivity index (χ2v) is 7.80. The molecule has 0 aromatic heterocycles. The number of likely N-dealkylation sites (tertiary alicyclic amines) is 1. The first-order valence-electron chi connectivity index (χ1n) is 9.81. The third kappa shape index (κ3) is 3.14. The van der Waals surface area contributed by atoms with Crippen molar-refractivity contribution >= 4 is 17.6 Å². The summed E-state index contributed by atoms with van der Waals surface area (Å²) in [6.07, 6.45) is 1.24. The van der Waals surface area contributed by atoms with Gasteiger partial charge in [0.05, 0.1) is 6.10 Å². The first-order chi connectivity index (χ1) is 13.7. The molecule has 1 N–H and O–H groups in total. The highest BCUT2D eigenvalue weighted by Gasteiger charge is 2.39. The minimum absolute atomic E-state index is 0.0332. The van der Waals surface area contributed by atoms with Crippen LogP contribution in [0.15, 0.2) is 48.5 Å². The largest absolute Gasteiger partial charge is 0.376 e. The van der Waals surface area contributed by atoms with Gasteiger partial charge in [-0.25, -0.2) is 4.79 Å². The number of nitrogens with one attached hydrogen (secondary N) is 1. The highest BCUT2D eigenvalue weighted by Crippen LogP contribution is 2.30. The van der Waals surface area contributed by atoms with Gasteiger partial charge in [0.2, 0.25) is 0 Å². The lowest BCUT2D eigenvalue weighted by molar-refractivity contribution is 0.0696. The summed E-state index contributed by atoms with van der Waals surface area (Å²) in [5, 5.41) is 2.93. The molecular weight excluding hydrogens is 354 g/mol. The Bertz CT molecular complexity index is 874. The van der Waals surface area contributed by atoms with Crippen LogP contribution < -0.4 is 5.32 Å². The fourth-order valence-corrected chi connectivity index (χ4v) is 4.40. The summed E-state index contributed by atoms with van der Waals surface area (Å²) in [6.45, 7) is 3.51. The van der Waals surface area contributed by atoms with E-state index in [1.165, 1.54) is 11.1 Å². The average Bonchev–Trinajstić information content (AvgIpc) is 3.42. The number of rotatable bonds is 2. The highest BCUT2D eigenvalue weighted by atomic mass is 16.5. The predicted molar refractivity (Wildman–Crippen MR) is 105 cm³/mol. The number of amides is 3. The van der Waals surface area contributed by atoms with E-state index in [9.17, 15) is 9.59 Å². The Morgan fingerprint density at radius 1 is 0.929 bits per heavy atom. The van der Waals surface area contributed by atoms with Gasteiger partial charge in [-0.1, -0.05) is 24.3 Å². The maximum absolute atomic E-state index is 12.7. The summed E-state index contributed by atoms with van der Waals surface area (Å²) < 4.78 is 5.68. The molecule has 28 heavy (non-hydrogen) atoms. The lowest BCUT2D eigenvalue weighted by atomic mass is 10.1. The molecule has 5 rings (SSSR count). The Labute approximate surface area is 164 Å². The van der Waals surface area contributed by atoms with Gasteiger partial charge < -0.3 is 19.9 Å². The molecule has 2 fully saturated rings. The number of urea groups is 1. The minimum Gasteiger partial charge on any atom is -0.376 e. The van der Waals surface area contributed by atoms with Gasteiger partial charge in [-0.2, -0.15) is 0 Å². The van der Waals surface area contributed by atoms with E-state index in [0.29, 0.717) is 36.8 Å². The van der Waals surface area contributed by atoms with Crippen molar-refractivity contribution in [3.8, 4) is 0 Å². The normalized spacial score (nSPS) is 22.9. The molecular formula is C22H23N3O3. The molecule has 0 aliphatic carbocycles. The van der Waals surface area contributed by atoms with Crippen LogP contribution in [0.1, 0.15) is 27.9 Å². The Kier molecular flexibility index (Phi) is 4.28. The van der Waals surface area contributed by atoms with E-state index in [4.69, 9.17) is 4.74 Å². The lowest BCUT2D eigenvalue weighted by Crippen LogP contribution is -2.31. The van der Waals surface area contributed by atoms with E-state index in [0.717, 1.165) is 19.6 Å². The second kappa shape index (κ2) is 6.95. The number of hydrogen-bond donors (Lipinski definition) is 1. The summed E-state index contributed by atoms with van der Waals surface area (Å²) in [5.74, 6) is 0.512. The number of carbonyl (C=O) groups excluding carboxylic acids is 2. The molecule has 2 saturated heterocycles. The number of benzene rings is 2. The molecule has 2 aromatic rings. The Hall–Kier alpha value is -2.86. The Morgan fingerprint density at radius 2 is 1.64 bits per heavy atom. The summed E-state index contributed by atoms with van der Waals surface area (Å²) >= 11 is 0. The molecule has 3 heterocycles. The van der Waals surface area contributed by atoms with E-state index in [2.05, 4.69) is 17.4 Å². The molecule has 6 nitrogen and oxygen atoms in total. The number of ether oxygens (including phenoxy) is 1. The molecule has 0 spiro atoms. The summed E-state index contributed by atoms with van der Waals surface area (Å²) in [7, 11) is 0. The number of carbonyl (C=O) groups is 2. The van der Waals surface area contributed by atoms with Gasteiger partial charge in [0.15, 0.2) is 0 Å². The van der Waals surface area contributed by atoms with Gasteiger partial charge in [-0.3, -0.25) is 4.79 Å². The van der Waals surface area contributed by atoms with Gasteiger partial charge in [0, 0.05) is 50.0 Å². The monoisotopic (exact) mass is 377 g/mol. The van der Waals surface area contributed by atoms with E-state index in [1.54, 1.807) is 29.2 Å². The topological polar surface area (TPSA) is 61.9 Å². The quantitative estimate of drug-likeness (QED) is 0.875. The van der Waals surface area contributed by atoms with E-state index in [1.807, 2.05) is 17.0 Å². The van der Waals surface area contributed by atoms with Crippen LogP contribution in [0.4, 0.5) is 10.5 Å². The summed E-state index contributed by atoms with van der Waals surface area (Å²) in [4.78, 5) is 28.9. The smallest absolute Gasteiger partial charge is 0.322 e. The Balaban J connectivity index is 1.20.